The quantitative estimate of drug-likeness (QED) is 0.0305. The molecular weight excluding hydrogens is 1830 g/mol. The summed E-state index contributed by atoms with van der Waals surface area (Å²) in [6.07, 6.45) is 14.8. The number of rotatable bonds is 25. The van der Waals surface area contributed by atoms with Crippen LogP contribution in [0.1, 0.15) is 123 Å². The van der Waals surface area contributed by atoms with Gasteiger partial charge in [0.2, 0.25) is 23.8 Å². The first kappa shape index (κ1) is 91.9. The van der Waals surface area contributed by atoms with Gasteiger partial charge in [-0.1, -0.05) is 73.9 Å². The first-order valence-corrected chi connectivity index (χ1v) is 42.8. The summed E-state index contributed by atoms with van der Waals surface area (Å²) in [6, 6.07) is 9.13. The van der Waals surface area contributed by atoms with E-state index in [9.17, 15) is 19.2 Å². The van der Waals surface area contributed by atoms with Gasteiger partial charge >= 0.3 is 22.8 Å². The average Bonchev–Trinajstić information content (AvgIpc) is 1.62. The molecule has 33 nitrogen and oxygen atoms in total. The zero-order chi connectivity index (χ0) is 88.2. The largest absolute Gasteiger partial charge is 0.496 e. The van der Waals surface area contributed by atoms with Crippen LogP contribution in [-0.4, -0.2) is 160 Å². The number of ether oxygens (including phenoxy) is 1. The Morgan fingerprint density at radius 2 is 0.678 bits per heavy atom. The third kappa shape index (κ3) is 19.9. The van der Waals surface area contributed by atoms with Crippen LogP contribution in [0.3, 0.4) is 0 Å². The maximum atomic E-state index is 13.5. The van der Waals surface area contributed by atoms with Gasteiger partial charge in [0, 0.05) is 150 Å². The third-order valence-electron chi connectivity index (χ3n) is 21.2. The minimum atomic E-state index is -0.258. The standard InChI is InChI=1S/C21H29BrClN7O.C21H29ClIN7O.C20H22ClN7O2.C19H19Cl2N7O/c1-11(2)28(12(3)4)7-8-29-17-18(23)26-20(24)27-19(17)30(21(29)31)10-15-14(6)16(22)13(5)9-25-15;1-11(2)28(12(3)4)7-8-29-17-18(22)26-20(24)27-19(17)30(21(29)31)10-15-14(6)16(23)13(5)9-25-15;1-12-10-23-14(13(2)16(12)30-3)11-28-18-15(17(21)24-19(22)25-18)27(20(28)29)9-8-26-6-4-5-7-26;1-11-9-23-13(12(2)14(11)20)10-28-17-15(16(21)24-18(22)25-17)27(19(28)29)8-7-26-5-3-4-6-26/h2*9,11-12H,7-8,10H2,1-6H3,(H2,24,26,27);4-7,10H,8-9,11H2,1-3H3,(H2,22,24,25);3-6,9H,7-8,10H2,1-2H3,(H2,22,24,25). The first-order chi connectivity index (χ1) is 57.3. The summed E-state index contributed by atoms with van der Waals surface area (Å²) in [5.41, 5.74) is 36.6. The molecule has 0 saturated heterocycles. The van der Waals surface area contributed by atoms with Gasteiger partial charge in [-0.05, 0) is 191 Å². The van der Waals surface area contributed by atoms with Crippen LogP contribution >= 0.6 is 96.5 Å². The normalized spacial score (nSPS) is 11.8. The van der Waals surface area contributed by atoms with Crippen molar-refractivity contribution in [2.45, 2.75) is 200 Å². The first-order valence-electron chi connectivity index (χ1n) is 39.0. The highest BCUT2D eigenvalue weighted by atomic mass is 127. The Hall–Kier alpha value is -9.86. The molecular formula is C81H99BrCl5IN28O5. The molecule has 642 valence electrons. The molecule has 0 amide bonds. The highest BCUT2D eigenvalue weighted by Gasteiger charge is 2.28. The molecule has 0 aromatic carbocycles. The zero-order valence-corrected chi connectivity index (χ0v) is 78.0. The van der Waals surface area contributed by atoms with Crippen molar-refractivity contribution in [1.29, 1.82) is 0 Å². The number of hydrogen-bond donors (Lipinski definition) is 4. The number of anilines is 4. The maximum absolute atomic E-state index is 13.5. The van der Waals surface area contributed by atoms with Crippen molar-refractivity contribution in [3.63, 3.8) is 0 Å². The van der Waals surface area contributed by atoms with Gasteiger partial charge in [0.05, 0.1) is 56.1 Å². The smallest absolute Gasteiger partial charge is 0.330 e. The van der Waals surface area contributed by atoms with Crippen LogP contribution in [0.2, 0.25) is 25.6 Å². The van der Waals surface area contributed by atoms with Crippen LogP contribution in [0.4, 0.5) is 23.8 Å². The number of aryl methyl sites for hydroxylation is 8. The summed E-state index contributed by atoms with van der Waals surface area (Å²) >= 11 is 37.9. The molecule has 0 saturated carbocycles. The summed E-state index contributed by atoms with van der Waals surface area (Å²) in [4.78, 5) is 110. The SMILES string of the molecule is COc1c(C)cnc(Cn2c(=O)n(CCn3cccc3)c3c(Cl)nc(N)nc32)c1C.Cc1cnc(Cn2c(=O)n(CCN(C(C)C)C(C)C)c3c(Cl)nc(N)nc32)c(C)c1Br.Cc1cnc(Cn2c(=O)n(CCN(C(C)C)C(C)C)c3c(Cl)nc(N)nc32)c(C)c1I.Cc1cnc(Cn2c(=O)n(CCn3cccc3)c3c(Cl)nc(N)nc32)c(C)c1Cl. The Kier molecular flexibility index (Phi) is 29.7. The molecule has 0 fully saturated rings. The van der Waals surface area contributed by atoms with Crippen LogP contribution in [0.5, 0.6) is 5.75 Å². The van der Waals surface area contributed by atoms with E-state index in [0.717, 1.165) is 69.7 Å². The minimum absolute atomic E-state index is 0.00503. The summed E-state index contributed by atoms with van der Waals surface area (Å²) in [7, 11) is 1.62. The minimum Gasteiger partial charge on any atom is -0.496 e. The summed E-state index contributed by atoms with van der Waals surface area (Å²) in [5, 5.41) is 1.27. The number of hydrogen-bond acceptors (Lipinski definition) is 23. The predicted molar refractivity (Wildman–Crippen MR) is 491 cm³/mol. The maximum Gasteiger partial charge on any atom is 0.330 e. The van der Waals surface area contributed by atoms with Crippen molar-refractivity contribution < 1.29 is 4.74 Å². The van der Waals surface area contributed by atoms with E-state index in [1.807, 2.05) is 120 Å². The van der Waals surface area contributed by atoms with Crippen molar-refractivity contribution >= 4 is 165 Å². The lowest BCUT2D eigenvalue weighted by atomic mass is 10.1. The van der Waals surface area contributed by atoms with Gasteiger partial charge in [-0.15, -0.1) is 0 Å². The molecule has 14 aromatic rings. The van der Waals surface area contributed by atoms with Crippen LogP contribution in [0, 0.1) is 59.0 Å². The van der Waals surface area contributed by atoms with E-state index < -0.39 is 0 Å². The molecule has 0 aliphatic rings. The summed E-state index contributed by atoms with van der Waals surface area (Å²) < 4.78 is 24.2. The molecule has 0 aliphatic carbocycles. The Morgan fingerprint density at radius 3 is 1.01 bits per heavy atom. The highest BCUT2D eigenvalue weighted by molar-refractivity contribution is 14.1. The van der Waals surface area contributed by atoms with E-state index in [1.54, 1.807) is 53.1 Å². The molecule has 0 bridgehead atoms. The van der Waals surface area contributed by atoms with Gasteiger partial charge in [0.1, 0.15) is 27.8 Å². The van der Waals surface area contributed by atoms with Crippen molar-refractivity contribution in [3.8, 4) is 5.75 Å². The second kappa shape index (κ2) is 39.1. The molecule has 0 radical (unpaired) electrons. The number of pyridine rings is 4. The molecule has 40 heteroatoms. The highest BCUT2D eigenvalue weighted by Crippen LogP contribution is 2.32. The molecule has 0 atom stereocenters. The predicted octanol–water partition coefficient (Wildman–Crippen LogP) is 12.8. The van der Waals surface area contributed by atoms with Crippen molar-refractivity contribution in [3.05, 3.63) is 217 Å². The lowest BCUT2D eigenvalue weighted by Crippen LogP contribution is -2.40. The van der Waals surface area contributed by atoms with E-state index in [4.69, 9.17) is 85.7 Å². The van der Waals surface area contributed by atoms with Crippen LogP contribution in [-0.2, 0) is 65.4 Å². The van der Waals surface area contributed by atoms with Crippen LogP contribution in [0.25, 0.3) is 44.7 Å². The van der Waals surface area contributed by atoms with Gasteiger partial charge in [-0.25, -0.2) is 19.2 Å². The van der Waals surface area contributed by atoms with Crippen molar-refractivity contribution in [2.24, 2.45) is 0 Å². The number of aromatic nitrogens is 22. The van der Waals surface area contributed by atoms with Crippen molar-refractivity contribution in [2.75, 3.05) is 43.1 Å². The van der Waals surface area contributed by atoms with E-state index in [1.165, 1.54) is 9.13 Å². The third-order valence-corrected chi connectivity index (χ3v) is 25.7. The van der Waals surface area contributed by atoms with Gasteiger partial charge in [0.15, 0.2) is 43.2 Å². The Labute approximate surface area is 745 Å². The van der Waals surface area contributed by atoms with E-state index in [-0.39, 0.29) is 93.3 Å². The lowest BCUT2D eigenvalue weighted by molar-refractivity contribution is 0.168. The van der Waals surface area contributed by atoms with E-state index >= 15 is 0 Å². The molecule has 0 spiro atoms. The van der Waals surface area contributed by atoms with Gasteiger partial charge in [0.25, 0.3) is 0 Å². The fourth-order valence-corrected chi connectivity index (χ4v) is 16.9. The van der Waals surface area contributed by atoms with Gasteiger partial charge < -0.3 is 36.8 Å². The molecule has 14 heterocycles. The number of fused-ring (bicyclic) bond motifs is 4. The zero-order valence-electron chi connectivity index (χ0n) is 70.5. The van der Waals surface area contributed by atoms with Crippen LogP contribution in [0.15, 0.2) is 97.5 Å². The summed E-state index contributed by atoms with van der Waals surface area (Å²) in [6.45, 7) is 38.1. The number of nitrogens with zero attached hydrogens (tertiary/aromatic N) is 24. The van der Waals surface area contributed by atoms with E-state index in [2.05, 4.69) is 164 Å². The number of halogens is 7. The Morgan fingerprint density at radius 1 is 0.388 bits per heavy atom. The Bertz CT molecular complexity index is 6200. The molecule has 8 N–H and O–H groups in total. The number of imidazole rings is 4. The monoisotopic (exact) mass is 1920 g/mol. The lowest BCUT2D eigenvalue weighted by Gasteiger charge is -2.30. The number of nitrogens with two attached hydrogens (primary N) is 4. The molecule has 14 rings (SSSR count). The van der Waals surface area contributed by atoms with Crippen molar-refractivity contribution in [1.82, 2.24) is 115 Å². The topological polar surface area (TPSA) is 392 Å². The van der Waals surface area contributed by atoms with Crippen LogP contribution < -0.4 is 50.4 Å². The molecule has 121 heavy (non-hydrogen) atoms. The molecule has 14 aromatic heterocycles. The van der Waals surface area contributed by atoms with Gasteiger partial charge in [-0.2, -0.15) is 39.9 Å². The average molecular weight is 1930 g/mol. The van der Waals surface area contributed by atoms with Gasteiger partial charge in [-0.3, -0.25) is 66.3 Å². The second-order valence-corrected chi connectivity index (χ2v) is 34.2. The fraction of sp³-hybridized carbons (Fsp3) is 0.407. The second-order valence-electron chi connectivity index (χ2n) is 30.5. The Balaban J connectivity index is 0.000000158. The summed E-state index contributed by atoms with van der Waals surface area (Å²) in [5.74, 6) is 0.832. The fourth-order valence-electron chi connectivity index (χ4n) is 14.8. The molecule has 0 unspecified atom stereocenters. The van der Waals surface area contributed by atoms with E-state index in [0.29, 0.717) is 138 Å². The molecule has 0 aliphatic heterocycles. The number of methoxy groups -OCH3 is 1. The number of nitrogen functional groups attached to an aromatic ring is 4.